The van der Waals surface area contributed by atoms with Crippen molar-refractivity contribution in [3.63, 3.8) is 0 Å². The Balaban J connectivity index is 1.47. The Morgan fingerprint density at radius 3 is 2.70 bits per heavy atom. The van der Waals surface area contributed by atoms with Crippen LogP contribution in [0.25, 0.3) is 0 Å². The number of benzene rings is 1. The predicted octanol–water partition coefficient (Wildman–Crippen LogP) is 4.36. The molecule has 138 valence electrons. The Bertz CT molecular complexity index is 934. The lowest BCUT2D eigenvalue weighted by Gasteiger charge is -2.24. The van der Waals surface area contributed by atoms with Crippen molar-refractivity contribution in [3.8, 4) is 0 Å². The molecule has 1 atom stereocenters. The first kappa shape index (κ1) is 17.4. The summed E-state index contributed by atoms with van der Waals surface area (Å²) < 4.78 is 10.7. The maximum atomic E-state index is 12.9. The lowest BCUT2D eigenvalue weighted by molar-refractivity contribution is 0.0387. The number of furan rings is 2. The van der Waals surface area contributed by atoms with Crippen LogP contribution in [0, 0.1) is 0 Å². The van der Waals surface area contributed by atoms with Crippen LogP contribution >= 0.6 is 11.6 Å². The molecule has 1 aliphatic rings. The molecule has 4 rings (SSSR count). The summed E-state index contributed by atoms with van der Waals surface area (Å²) in [7, 11) is 0. The Morgan fingerprint density at radius 2 is 2.00 bits per heavy atom. The molecule has 1 aromatic carbocycles. The van der Waals surface area contributed by atoms with E-state index in [1.807, 2.05) is 30.3 Å². The van der Waals surface area contributed by atoms with Gasteiger partial charge in [-0.1, -0.05) is 35.5 Å². The minimum atomic E-state index is -0.272. The first-order valence-corrected chi connectivity index (χ1v) is 8.92. The summed E-state index contributed by atoms with van der Waals surface area (Å²) >= 11 is 5.82. The van der Waals surface area contributed by atoms with Gasteiger partial charge in [0.1, 0.15) is 5.71 Å². The van der Waals surface area contributed by atoms with Crippen LogP contribution in [-0.4, -0.2) is 29.2 Å². The molecule has 6 nitrogen and oxygen atoms in total. The van der Waals surface area contributed by atoms with Crippen molar-refractivity contribution >= 4 is 23.2 Å². The van der Waals surface area contributed by atoms with Crippen LogP contribution in [0.15, 0.2) is 74.9 Å². The fourth-order valence-corrected chi connectivity index (χ4v) is 3.11. The van der Waals surface area contributed by atoms with Crippen LogP contribution in [0.1, 0.15) is 28.3 Å². The van der Waals surface area contributed by atoms with Crippen molar-refractivity contribution in [3.05, 3.63) is 83.2 Å². The monoisotopic (exact) mass is 384 g/mol. The number of carbonyl (C=O) groups is 1. The molecule has 3 aromatic rings. The number of halogens is 1. The van der Waals surface area contributed by atoms with E-state index in [0.717, 1.165) is 5.56 Å². The Morgan fingerprint density at radius 1 is 1.15 bits per heavy atom. The van der Waals surface area contributed by atoms with Gasteiger partial charge in [0, 0.05) is 13.0 Å². The summed E-state index contributed by atoms with van der Waals surface area (Å²) in [6, 6.07) is 16.5. The first-order valence-electron chi connectivity index (χ1n) is 8.54. The zero-order valence-electron chi connectivity index (χ0n) is 14.4. The molecule has 0 unspecified atom stereocenters. The molecule has 0 aliphatic carbocycles. The molecule has 0 spiro atoms. The second-order valence-corrected chi connectivity index (χ2v) is 6.59. The molecule has 0 bridgehead atoms. The fourth-order valence-electron chi connectivity index (χ4n) is 2.97. The highest BCUT2D eigenvalue weighted by Crippen LogP contribution is 2.22. The Kier molecular flexibility index (Phi) is 4.98. The van der Waals surface area contributed by atoms with E-state index in [2.05, 4.69) is 5.16 Å². The highest BCUT2D eigenvalue weighted by molar-refractivity contribution is 6.29. The van der Waals surface area contributed by atoms with Crippen molar-refractivity contribution in [1.82, 2.24) is 4.90 Å². The highest BCUT2D eigenvalue weighted by Gasteiger charge is 2.29. The summed E-state index contributed by atoms with van der Waals surface area (Å²) in [6.07, 6.45) is 1.74. The SMILES string of the molecule is O=C(c1ccco1)N(Cc1ccccc1)C[C@H]1CC(c2ccc(Cl)o2)=NO1. The number of carbonyl (C=O) groups excluding carboxylic acids is 1. The number of hydrogen-bond donors (Lipinski definition) is 0. The predicted molar refractivity (Wildman–Crippen MR) is 99.6 cm³/mol. The minimum absolute atomic E-state index is 0.193. The number of nitrogens with zero attached hydrogens (tertiary/aromatic N) is 2. The van der Waals surface area contributed by atoms with Crippen molar-refractivity contribution < 1.29 is 18.5 Å². The normalized spacial score (nSPS) is 16.0. The molecule has 1 aliphatic heterocycles. The van der Waals surface area contributed by atoms with Gasteiger partial charge < -0.3 is 18.6 Å². The van der Waals surface area contributed by atoms with Gasteiger partial charge in [0.25, 0.3) is 5.91 Å². The molecule has 0 N–H and O–H groups in total. The maximum Gasteiger partial charge on any atom is 0.289 e. The van der Waals surface area contributed by atoms with Gasteiger partial charge in [0.2, 0.25) is 0 Å². The summed E-state index contributed by atoms with van der Waals surface area (Å²) in [4.78, 5) is 20.1. The van der Waals surface area contributed by atoms with Crippen molar-refractivity contribution in [2.45, 2.75) is 19.1 Å². The first-order chi connectivity index (χ1) is 13.2. The molecular weight excluding hydrogens is 368 g/mol. The largest absolute Gasteiger partial charge is 0.459 e. The van der Waals surface area contributed by atoms with Crippen molar-refractivity contribution in [2.24, 2.45) is 5.16 Å². The number of hydrogen-bond acceptors (Lipinski definition) is 5. The standard InChI is InChI=1S/C20H17ClN2O4/c21-19-9-8-17(26-19)16-11-15(27-22-16)13-23(12-14-5-2-1-3-6-14)20(24)18-7-4-10-25-18/h1-10,15H,11-13H2/t15-/m1/s1. The van der Waals surface area contributed by atoms with E-state index in [0.29, 0.717) is 42.0 Å². The lowest BCUT2D eigenvalue weighted by atomic mass is 10.1. The molecule has 27 heavy (non-hydrogen) atoms. The van der Waals surface area contributed by atoms with Crippen molar-refractivity contribution in [2.75, 3.05) is 6.54 Å². The molecule has 0 saturated heterocycles. The molecule has 7 heteroatoms. The van der Waals surface area contributed by atoms with Crippen LogP contribution in [0.2, 0.25) is 5.22 Å². The van der Waals surface area contributed by atoms with Crippen LogP contribution in [0.3, 0.4) is 0 Å². The van der Waals surface area contributed by atoms with Gasteiger partial charge in [0.05, 0.1) is 12.8 Å². The average Bonchev–Trinajstić information content (AvgIpc) is 3.43. The summed E-state index contributed by atoms with van der Waals surface area (Å²) in [6.45, 7) is 0.817. The number of amides is 1. The molecule has 1 amide bonds. The zero-order valence-corrected chi connectivity index (χ0v) is 15.1. The molecule has 0 saturated carbocycles. The van der Waals surface area contributed by atoms with E-state index in [9.17, 15) is 4.79 Å². The zero-order chi connectivity index (χ0) is 18.6. The van der Waals surface area contributed by atoms with Crippen LogP contribution < -0.4 is 0 Å². The van der Waals surface area contributed by atoms with Gasteiger partial charge >= 0.3 is 0 Å². The van der Waals surface area contributed by atoms with E-state index < -0.39 is 0 Å². The second-order valence-electron chi connectivity index (χ2n) is 6.22. The second kappa shape index (κ2) is 7.72. The van der Waals surface area contributed by atoms with Crippen LogP contribution in [0.4, 0.5) is 0 Å². The van der Waals surface area contributed by atoms with Gasteiger partial charge in [-0.3, -0.25) is 4.79 Å². The fraction of sp³-hybridized carbons (Fsp3) is 0.200. The topological polar surface area (TPSA) is 68.2 Å². The number of rotatable bonds is 6. The summed E-state index contributed by atoms with van der Waals surface area (Å²) in [5, 5.41) is 4.39. The molecular formula is C20H17ClN2O4. The average molecular weight is 385 g/mol. The van der Waals surface area contributed by atoms with E-state index in [1.165, 1.54) is 6.26 Å². The molecule has 0 fully saturated rings. The minimum Gasteiger partial charge on any atom is -0.459 e. The maximum absolute atomic E-state index is 12.9. The van der Waals surface area contributed by atoms with Crippen LogP contribution in [0.5, 0.6) is 0 Å². The molecule has 0 radical (unpaired) electrons. The van der Waals surface area contributed by atoms with E-state index in [4.69, 9.17) is 25.3 Å². The third kappa shape index (κ3) is 4.06. The van der Waals surface area contributed by atoms with Gasteiger partial charge in [-0.25, -0.2) is 0 Å². The molecule has 2 aromatic heterocycles. The third-order valence-electron chi connectivity index (χ3n) is 4.25. The summed E-state index contributed by atoms with van der Waals surface area (Å²) in [5.41, 5.74) is 1.70. The van der Waals surface area contributed by atoms with Crippen LogP contribution in [-0.2, 0) is 11.4 Å². The van der Waals surface area contributed by atoms with Gasteiger partial charge in [0.15, 0.2) is 22.8 Å². The van der Waals surface area contributed by atoms with E-state index in [-0.39, 0.29) is 12.0 Å². The van der Waals surface area contributed by atoms with Crippen molar-refractivity contribution in [1.29, 1.82) is 0 Å². The van der Waals surface area contributed by atoms with E-state index >= 15 is 0 Å². The third-order valence-corrected chi connectivity index (χ3v) is 4.45. The highest BCUT2D eigenvalue weighted by atomic mass is 35.5. The lowest BCUT2D eigenvalue weighted by Crippen LogP contribution is -2.37. The Hall–Kier alpha value is -2.99. The van der Waals surface area contributed by atoms with Gasteiger partial charge in [-0.2, -0.15) is 0 Å². The number of oxime groups is 1. The molecule has 3 heterocycles. The van der Waals surface area contributed by atoms with Gasteiger partial charge in [-0.15, -0.1) is 0 Å². The van der Waals surface area contributed by atoms with Gasteiger partial charge in [-0.05, 0) is 41.4 Å². The quantitative estimate of drug-likeness (QED) is 0.633. The summed E-state index contributed by atoms with van der Waals surface area (Å²) in [5.74, 6) is 0.680. The van der Waals surface area contributed by atoms with E-state index in [1.54, 1.807) is 29.2 Å². The smallest absolute Gasteiger partial charge is 0.289 e. The Labute approximate surface area is 161 Å².